The van der Waals surface area contributed by atoms with Crippen molar-refractivity contribution < 1.29 is 19.0 Å². The predicted octanol–water partition coefficient (Wildman–Crippen LogP) is 5.73. The standard InChI is InChI=1S/C34H40N6O4/c1-21-32-31(38-33(40(32)17-15-35-21)22-9-12-24(13-10-22)36-16-18-42-3)23-11-14-26(30(19-23)44-5)37-34(41)28-20-25-27(39(28)2)7-6-8-29(25)43-4/h6-8,11,14-15,17,19-20,22,24,36H,9-10,12-13,16,18H2,1-5H3,(H,37,41)/t22-,24-. The van der Waals surface area contributed by atoms with Crippen LogP contribution in [0.1, 0.15) is 53.6 Å². The Kier molecular flexibility index (Phi) is 8.54. The number of carbonyl (C=O) groups excluding carboxylic acids is 1. The van der Waals surface area contributed by atoms with E-state index in [0.29, 0.717) is 29.1 Å². The molecule has 230 valence electrons. The van der Waals surface area contributed by atoms with Gasteiger partial charge in [-0.25, -0.2) is 4.98 Å². The minimum absolute atomic E-state index is 0.237. The van der Waals surface area contributed by atoms with Crippen molar-refractivity contribution >= 4 is 28.0 Å². The SMILES string of the molecule is COCCN[C@H]1CC[C@H](c2nc(-c3ccc(NC(=O)c4cc5c(OC)cccc5n4C)c(OC)c3)c3c(C)nccn32)CC1. The van der Waals surface area contributed by atoms with Gasteiger partial charge >= 0.3 is 0 Å². The van der Waals surface area contributed by atoms with Crippen molar-refractivity contribution in [3.05, 3.63) is 72.1 Å². The summed E-state index contributed by atoms with van der Waals surface area (Å²) in [4.78, 5) is 23.3. The van der Waals surface area contributed by atoms with Gasteiger partial charge in [-0.1, -0.05) is 12.1 Å². The zero-order valence-electron chi connectivity index (χ0n) is 26.0. The highest BCUT2D eigenvalue weighted by Gasteiger charge is 2.27. The number of methoxy groups -OCH3 is 3. The molecule has 0 aliphatic heterocycles. The average Bonchev–Trinajstić information content (AvgIpc) is 3.61. The Labute approximate surface area is 257 Å². The second-order valence-corrected chi connectivity index (χ2v) is 11.4. The highest BCUT2D eigenvalue weighted by Crippen LogP contribution is 2.38. The zero-order chi connectivity index (χ0) is 30.8. The fourth-order valence-corrected chi connectivity index (χ4v) is 6.49. The maximum Gasteiger partial charge on any atom is 0.272 e. The van der Waals surface area contributed by atoms with Crippen molar-refractivity contribution in [2.24, 2.45) is 7.05 Å². The van der Waals surface area contributed by atoms with Crippen LogP contribution >= 0.6 is 0 Å². The lowest BCUT2D eigenvalue weighted by Crippen LogP contribution is -2.35. The topological polar surface area (TPSA) is 104 Å². The Morgan fingerprint density at radius 2 is 1.82 bits per heavy atom. The molecule has 1 amide bonds. The first-order valence-electron chi connectivity index (χ1n) is 15.1. The van der Waals surface area contributed by atoms with Crippen LogP contribution in [0.2, 0.25) is 0 Å². The third kappa shape index (κ3) is 5.51. The number of amides is 1. The first-order chi connectivity index (χ1) is 21.4. The van der Waals surface area contributed by atoms with Crippen LogP contribution in [0.3, 0.4) is 0 Å². The highest BCUT2D eigenvalue weighted by atomic mass is 16.5. The second kappa shape index (κ2) is 12.7. The van der Waals surface area contributed by atoms with Crippen LogP contribution in [0, 0.1) is 6.92 Å². The number of nitrogens with one attached hydrogen (secondary N) is 2. The van der Waals surface area contributed by atoms with Gasteiger partial charge in [0, 0.05) is 56.0 Å². The van der Waals surface area contributed by atoms with Crippen LogP contribution in [-0.2, 0) is 11.8 Å². The molecule has 3 aromatic heterocycles. The Morgan fingerprint density at radius 1 is 1.02 bits per heavy atom. The number of hydrogen-bond acceptors (Lipinski definition) is 7. The summed E-state index contributed by atoms with van der Waals surface area (Å²) in [5, 5.41) is 7.54. The van der Waals surface area contributed by atoms with Gasteiger partial charge in [-0.05, 0) is 62.9 Å². The molecule has 2 aromatic carbocycles. The van der Waals surface area contributed by atoms with Gasteiger partial charge in [-0.3, -0.25) is 14.2 Å². The van der Waals surface area contributed by atoms with Crippen LogP contribution in [-0.4, -0.2) is 65.4 Å². The van der Waals surface area contributed by atoms with Gasteiger partial charge in [-0.15, -0.1) is 0 Å². The number of imidazole rings is 1. The summed E-state index contributed by atoms with van der Waals surface area (Å²) in [6, 6.07) is 13.9. The molecule has 1 saturated carbocycles. The average molecular weight is 597 g/mol. The van der Waals surface area contributed by atoms with Crippen molar-refractivity contribution in [2.45, 2.75) is 44.6 Å². The number of rotatable bonds is 10. The van der Waals surface area contributed by atoms with Crippen LogP contribution in [0.25, 0.3) is 27.7 Å². The molecule has 10 heteroatoms. The molecule has 3 heterocycles. The summed E-state index contributed by atoms with van der Waals surface area (Å²) in [5.41, 5.74) is 5.69. The number of ether oxygens (including phenoxy) is 3. The van der Waals surface area contributed by atoms with Gasteiger partial charge in [0.2, 0.25) is 0 Å². The largest absolute Gasteiger partial charge is 0.496 e. The number of anilines is 1. The zero-order valence-corrected chi connectivity index (χ0v) is 26.0. The van der Waals surface area contributed by atoms with Crippen LogP contribution in [0.4, 0.5) is 5.69 Å². The van der Waals surface area contributed by atoms with E-state index >= 15 is 0 Å². The Hall–Kier alpha value is -4.41. The van der Waals surface area contributed by atoms with E-state index in [1.807, 2.05) is 73.4 Å². The monoisotopic (exact) mass is 596 g/mol. The van der Waals surface area contributed by atoms with E-state index in [9.17, 15) is 4.79 Å². The smallest absolute Gasteiger partial charge is 0.272 e. The Bertz CT molecular complexity index is 1800. The number of nitrogens with zero attached hydrogens (tertiary/aromatic N) is 4. The normalized spacial score (nSPS) is 16.8. The van der Waals surface area contributed by atoms with E-state index in [0.717, 1.165) is 83.8 Å². The quantitative estimate of drug-likeness (QED) is 0.199. The van der Waals surface area contributed by atoms with Crippen molar-refractivity contribution in [2.75, 3.05) is 39.8 Å². The first-order valence-corrected chi connectivity index (χ1v) is 15.1. The molecule has 1 fully saturated rings. The van der Waals surface area contributed by atoms with Gasteiger partial charge in [0.15, 0.2) is 0 Å². The van der Waals surface area contributed by atoms with Gasteiger partial charge in [0.25, 0.3) is 5.91 Å². The summed E-state index contributed by atoms with van der Waals surface area (Å²) in [6.45, 7) is 3.62. The van der Waals surface area contributed by atoms with Gasteiger partial charge in [0.1, 0.15) is 23.0 Å². The molecule has 0 saturated heterocycles. The van der Waals surface area contributed by atoms with Crippen LogP contribution < -0.4 is 20.1 Å². The van der Waals surface area contributed by atoms with E-state index in [1.165, 1.54) is 0 Å². The lowest BCUT2D eigenvalue weighted by Gasteiger charge is -2.28. The predicted molar refractivity (Wildman–Crippen MR) is 172 cm³/mol. The van der Waals surface area contributed by atoms with E-state index in [-0.39, 0.29) is 5.91 Å². The lowest BCUT2D eigenvalue weighted by molar-refractivity contribution is 0.101. The number of fused-ring (bicyclic) bond motifs is 2. The molecule has 6 rings (SSSR count). The Balaban J connectivity index is 1.28. The molecule has 0 radical (unpaired) electrons. The highest BCUT2D eigenvalue weighted by molar-refractivity contribution is 6.08. The summed E-state index contributed by atoms with van der Waals surface area (Å²) < 4.78 is 20.6. The van der Waals surface area contributed by atoms with E-state index < -0.39 is 0 Å². The van der Waals surface area contributed by atoms with Crippen molar-refractivity contribution in [1.82, 2.24) is 24.3 Å². The number of carbonyl (C=O) groups is 1. The third-order valence-electron chi connectivity index (χ3n) is 8.82. The number of aryl methyl sites for hydroxylation is 2. The third-order valence-corrected chi connectivity index (χ3v) is 8.82. The summed E-state index contributed by atoms with van der Waals surface area (Å²) in [6.07, 6.45) is 8.21. The molecule has 0 spiro atoms. The second-order valence-electron chi connectivity index (χ2n) is 11.4. The van der Waals surface area contributed by atoms with E-state index in [2.05, 4.69) is 20.0 Å². The molecule has 2 N–H and O–H groups in total. The summed E-state index contributed by atoms with van der Waals surface area (Å²) >= 11 is 0. The molecule has 0 atom stereocenters. The van der Waals surface area contributed by atoms with Gasteiger partial charge < -0.3 is 29.4 Å². The van der Waals surface area contributed by atoms with Crippen molar-refractivity contribution in [1.29, 1.82) is 0 Å². The molecular formula is C34H40N6O4. The first kappa shape index (κ1) is 29.7. The molecule has 1 aliphatic carbocycles. The fraction of sp³-hybridized carbons (Fsp3) is 0.382. The van der Waals surface area contributed by atoms with Crippen LogP contribution in [0.15, 0.2) is 54.9 Å². The summed E-state index contributed by atoms with van der Waals surface area (Å²) in [7, 11) is 6.85. The molecule has 1 aliphatic rings. The number of aromatic nitrogens is 4. The Morgan fingerprint density at radius 3 is 2.57 bits per heavy atom. The molecule has 5 aromatic rings. The number of hydrogen-bond donors (Lipinski definition) is 2. The maximum absolute atomic E-state index is 13.5. The van der Waals surface area contributed by atoms with Crippen molar-refractivity contribution in [3.63, 3.8) is 0 Å². The maximum atomic E-state index is 13.5. The van der Waals surface area contributed by atoms with Crippen LogP contribution in [0.5, 0.6) is 11.5 Å². The fourth-order valence-electron chi connectivity index (χ4n) is 6.49. The van der Waals surface area contributed by atoms with E-state index in [4.69, 9.17) is 19.2 Å². The molecule has 0 unspecified atom stereocenters. The molecule has 44 heavy (non-hydrogen) atoms. The minimum atomic E-state index is -0.237. The molecular weight excluding hydrogens is 556 g/mol. The van der Waals surface area contributed by atoms with Crippen molar-refractivity contribution in [3.8, 4) is 22.8 Å². The lowest BCUT2D eigenvalue weighted by atomic mass is 9.85. The summed E-state index contributed by atoms with van der Waals surface area (Å²) in [5.74, 6) is 2.47. The van der Waals surface area contributed by atoms with Gasteiger partial charge in [0.05, 0.1) is 48.9 Å². The molecule has 10 nitrogen and oxygen atoms in total. The molecule has 0 bridgehead atoms. The van der Waals surface area contributed by atoms with E-state index in [1.54, 1.807) is 21.3 Å². The minimum Gasteiger partial charge on any atom is -0.496 e. The van der Waals surface area contributed by atoms with Gasteiger partial charge in [-0.2, -0.15) is 0 Å². The number of benzene rings is 2.